The maximum absolute atomic E-state index is 11.8. The van der Waals surface area contributed by atoms with Gasteiger partial charge in [0.05, 0.1) is 5.00 Å². The fourth-order valence-electron chi connectivity index (χ4n) is 3.23. The number of hydrogen-bond donors (Lipinski definition) is 3. The van der Waals surface area contributed by atoms with Crippen molar-refractivity contribution in [3.8, 4) is 0 Å². The van der Waals surface area contributed by atoms with Crippen LogP contribution in [0.2, 0.25) is 0 Å². The molecule has 0 spiro atoms. The Morgan fingerprint density at radius 2 is 2.07 bits per heavy atom. The first-order valence-electron chi connectivity index (χ1n) is 9.26. The van der Waals surface area contributed by atoms with E-state index in [1.807, 2.05) is 24.3 Å². The number of anilines is 1. The lowest BCUT2D eigenvalue weighted by Crippen LogP contribution is -2.48. The van der Waals surface area contributed by atoms with Gasteiger partial charge in [-0.15, -0.1) is 11.3 Å². The highest BCUT2D eigenvalue weighted by Gasteiger charge is 2.20. The van der Waals surface area contributed by atoms with E-state index in [2.05, 4.69) is 43.4 Å². The lowest BCUT2D eigenvalue weighted by atomic mass is 10.1. The topological polar surface area (TPSA) is 68.8 Å². The zero-order chi connectivity index (χ0) is 19.1. The van der Waals surface area contributed by atoms with Crippen molar-refractivity contribution in [3.63, 3.8) is 0 Å². The van der Waals surface area contributed by atoms with Crippen LogP contribution in [0.1, 0.15) is 28.8 Å². The van der Waals surface area contributed by atoms with E-state index < -0.39 is 0 Å². The number of rotatable bonds is 5. The Labute approximate surface area is 164 Å². The minimum absolute atomic E-state index is 0.0724. The molecule has 0 aliphatic carbocycles. The average molecular weight is 386 g/mol. The molecule has 1 aromatic carbocycles. The van der Waals surface area contributed by atoms with Crippen LogP contribution in [0.15, 0.2) is 46.8 Å². The fourth-order valence-corrected chi connectivity index (χ4v) is 4.02. The van der Waals surface area contributed by atoms with Crippen molar-refractivity contribution in [2.24, 2.45) is 4.99 Å². The molecule has 2 heterocycles. The minimum atomic E-state index is -0.0724. The Kier molecular flexibility index (Phi) is 6.70. The number of nitrogens with one attached hydrogen (secondary N) is 3. The minimum Gasteiger partial charge on any atom is -0.363 e. The van der Waals surface area contributed by atoms with Gasteiger partial charge in [-0.1, -0.05) is 12.1 Å². The van der Waals surface area contributed by atoms with Crippen LogP contribution in [-0.2, 0) is 6.54 Å². The SMILES string of the molecule is CN=C(NCc1cccc(C(=O)NC)c1)NC1CCN(c2cccs2)CC1. The van der Waals surface area contributed by atoms with Crippen molar-refractivity contribution in [1.29, 1.82) is 0 Å². The van der Waals surface area contributed by atoms with Crippen LogP contribution < -0.4 is 20.9 Å². The number of carbonyl (C=O) groups excluding carboxylic acids is 1. The summed E-state index contributed by atoms with van der Waals surface area (Å²) >= 11 is 1.80. The van der Waals surface area contributed by atoms with Gasteiger partial charge in [-0.3, -0.25) is 9.79 Å². The van der Waals surface area contributed by atoms with Gasteiger partial charge in [0.25, 0.3) is 5.91 Å². The molecule has 6 nitrogen and oxygen atoms in total. The van der Waals surface area contributed by atoms with Gasteiger partial charge in [0.15, 0.2) is 5.96 Å². The number of piperidine rings is 1. The van der Waals surface area contributed by atoms with Crippen LogP contribution in [0.3, 0.4) is 0 Å². The summed E-state index contributed by atoms with van der Waals surface area (Å²) in [4.78, 5) is 18.6. The second-order valence-electron chi connectivity index (χ2n) is 6.56. The van der Waals surface area contributed by atoms with Crippen LogP contribution in [0.25, 0.3) is 0 Å². The predicted octanol–water partition coefficient (Wildman–Crippen LogP) is 2.44. The molecule has 1 aliphatic heterocycles. The number of carbonyl (C=O) groups is 1. The summed E-state index contributed by atoms with van der Waals surface area (Å²) in [5.74, 6) is 0.728. The number of guanidine groups is 1. The van der Waals surface area contributed by atoms with Crippen LogP contribution >= 0.6 is 11.3 Å². The summed E-state index contributed by atoms with van der Waals surface area (Å²) in [5, 5.41) is 13.0. The van der Waals surface area contributed by atoms with E-state index >= 15 is 0 Å². The van der Waals surface area contributed by atoms with Crippen molar-refractivity contribution >= 4 is 28.2 Å². The van der Waals surface area contributed by atoms with Gasteiger partial charge in [-0.25, -0.2) is 0 Å². The highest BCUT2D eigenvalue weighted by Crippen LogP contribution is 2.24. The monoisotopic (exact) mass is 385 g/mol. The third-order valence-corrected chi connectivity index (χ3v) is 5.68. The molecule has 144 valence electrons. The average Bonchev–Trinajstić information content (AvgIpc) is 3.26. The van der Waals surface area contributed by atoms with Crippen molar-refractivity contribution in [2.75, 3.05) is 32.1 Å². The van der Waals surface area contributed by atoms with Crippen molar-refractivity contribution in [3.05, 3.63) is 52.9 Å². The molecule has 0 radical (unpaired) electrons. The number of hydrogen-bond acceptors (Lipinski definition) is 4. The van der Waals surface area contributed by atoms with Crippen molar-refractivity contribution < 1.29 is 4.79 Å². The van der Waals surface area contributed by atoms with Crippen molar-refractivity contribution in [1.82, 2.24) is 16.0 Å². The van der Waals surface area contributed by atoms with E-state index in [-0.39, 0.29) is 5.91 Å². The van der Waals surface area contributed by atoms with E-state index in [0.717, 1.165) is 37.5 Å². The molecule has 2 aromatic rings. The number of benzene rings is 1. The summed E-state index contributed by atoms with van der Waals surface area (Å²) in [7, 11) is 3.43. The molecule has 3 rings (SSSR count). The first kappa shape index (κ1) is 19.2. The zero-order valence-electron chi connectivity index (χ0n) is 15.9. The number of amides is 1. The van der Waals surface area contributed by atoms with Gasteiger partial charge in [0.2, 0.25) is 0 Å². The quantitative estimate of drug-likeness (QED) is 0.546. The molecule has 0 unspecified atom stereocenters. The van der Waals surface area contributed by atoms with Gasteiger partial charge < -0.3 is 20.9 Å². The van der Waals surface area contributed by atoms with Crippen LogP contribution in [0.5, 0.6) is 0 Å². The number of thiophene rings is 1. The molecule has 0 saturated carbocycles. The molecule has 3 N–H and O–H groups in total. The molecule has 1 saturated heterocycles. The largest absolute Gasteiger partial charge is 0.363 e. The van der Waals surface area contributed by atoms with Crippen LogP contribution in [0, 0.1) is 0 Å². The third-order valence-electron chi connectivity index (χ3n) is 4.75. The molecule has 1 fully saturated rings. The van der Waals surface area contributed by atoms with Gasteiger partial charge in [0.1, 0.15) is 0 Å². The normalized spacial score (nSPS) is 15.5. The van der Waals surface area contributed by atoms with Crippen LogP contribution in [0.4, 0.5) is 5.00 Å². The Bertz CT molecular complexity index is 766. The Hall–Kier alpha value is -2.54. The fraction of sp³-hybridized carbons (Fsp3) is 0.400. The standard InChI is InChI=1S/C20H27N5OS/c1-21-19(26)16-6-3-5-15(13-16)14-23-20(22-2)24-17-8-10-25(11-9-17)18-7-4-12-27-18/h3-7,12-13,17H,8-11,14H2,1-2H3,(H,21,26)(H2,22,23,24). The van der Waals surface area contributed by atoms with E-state index in [4.69, 9.17) is 0 Å². The molecule has 0 atom stereocenters. The van der Waals surface area contributed by atoms with Gasteiger partial charge in [-0.2, -0.15) is 0 Å². The van der Waals surface area contributed by atoms with Gasteiger partial charge in [-0.05, 0) is 48.1 Å². The van der Waals surface area contributed by atoms with E-state index in [1.165, 1.54) is 5.00 Å². The summed E-state index contributed by atoms with van der Waals surface area (Å²) in [5.41, 5.74) is 1.72. The number of nitrogens with zero attached hydrogens (tertiary/aromatic N) is 2. The lowest BCUT2D eigenvalue weighted by molar-refractivity contribution is 0.0963. The molecule has 27 heavy (non-hydrogen) atoms. The maximum Gasteiger partial charge on any atom is 0.251 e. The third kappa shape index (κ3) is 5.23. The molecule has 0 bridgehead atoms. The second-order valence-corrected chi connectivity index (χ2v) is 7.49. The molecule has 1 amide bonds. The Balaban J connectivity index is 1.48. The first-order chi connectivity index (χ1) is 13.2. The molecular weight excluding hydrogens is 358 g/mol. The first-order valence-corrected chi connectivity index (χ1v) is 10.1. The Morgan fingerprint density at radius 1 is 1.26 bits per heavy atom. The lowest BCUT2D eigenvalue weighted by Gasteiger charge is -2.33. The summed E-state index contributed by atoms with van der Waals surface area (Å²) in [6, 6.07) is 12.3. The van der Waals surface area contributed by atoms with E-state index in [9.17, 15) is 4.79 Å². The summed E-state index contributed by atoms with van der Waals surface area (Å²) < 4.78 is 0. The molecule has 1 aromatic heterocycles. The van der Waals surface area contributed by atoms with E-state index in [0.29, 0.717) is 18.2 Å². The molecule has 1 aliphatic rings. The molecule has 7 heteroatoms. The smallest absolute Gasteiger partial charge is 0.251 e. The highest BCUT2D eigenvalue weighted by molar-refractivity contribution is 7.14. The van der Waals surface area contributed by atoms with Gasteiger partial charge >= 0.3 is 0 Å². The summed E-state index contributed by atoms with van der Waals surface area (Å²) in [6.45, 7) is 2.74. The predicted molar refractivity (Wildman–Crippen MR) is 113 cm³/mol. The summed E-state index contributed by atoms with van der Waals surface area (Å²) in [6.07, 6.45) is 2.18. The van der Waals surface area contributed by atoms with Crippen LogP contribution in [-0.4, -0.2) is 45.1 Å². The maximum atomic E-state index is 11.8. The second kappa shape index (κ2) is 9.41. The zero-order valence-corrected chi connectivity index (χ0v) is 16.7. The highest BCUT2D eigenvalue weighted by atomic mass is 32.1. The number of aliphatic imine (C=N–C) groups is 1. The molecular formula is C20H27N5OS. The van der Waals surface area contributed by atoms with Gasteiger partial charge in [0, 0.05) is 45.3 Å². The van der Waals surface area contributed by atoms with E-state index in [1.54, 1.807) is 25.4 Å². The Morgan fingerprint density at radius 3 is 2.74 bits per heavy atom. The van der Waals surface area contributed by atoms with Crippen molar-refractivity contribution in [2.45, 2.75) is 25.4 Å².